The summed E-state index contributed by atoms with van der Waals surface area (Å²) in [6, 6.07) is 12.3. The van der Waals surface area contributed by atoms with Crippen LogP contribution in [0.1, 0.15) is 51.9 Å². The van der Waals surface area contributed by atoms with Gasteiger partial charge in [0.05, 0.1) is 18.9 Å². The van der Waals surface area contributed by atoms with Gasteiger partial charge >= 0.3 is 0 Å². The number of ether oxygens (including phenoxy) is 1. The topological polar surface area (TPSA) is 61.9 Å². The van der Waals surface area contributed by atoms with Crippen LogP contribution < -0.4 is 0 Å². The number of nitrogens with zero attached hydrogens (tertiary/aromatic N) is 4. The molecule has 6 nitrogen and oxygen atoms in total. The molecule has 2 heterocycles. The minimum absolute atomic E-state index is 0.124. The highest BCUT2D eigenvalue weighted by Crippen LogP contribution is 2.40. The first-order valence-electron chi connectivity index (χ1n) is 10.4. The molecule has 0 saturated heterocycles. The highest BCUT2D eigenvalue weighted by atomic mass is 32.2. The molecule has 7 heteroatoms. The summed E-state index contributed by atoms with van der Waals surface area (Å²) in [5, 5.41) is 9.71. The van der Waals surface area contributed by atoms with Gasteiger partial charge in [0.15, 0.2) is 10.9 Å². The quantitative estimate of drug-likeness (QED) is 0.360. The summed E-state index contributed by atoms with van der Waals surface area (Å²) in [5.74, 6) is 2.03. The molecule has 0 aliphatic heterocycles. The van der Waals surface area contributed by atoms with Crippen molar-refractivity contribution < 1.29 is 9.53 Å². The van der Waals surface area contributed by atoms with Crippen LogP contribution in [0.5, 0.6) is 0 Å². The molecule has 0 bridgehead atoms. The number of hydrogen-bond acceptors (Lipinski definition) is 5. The minimum atomic E-state index is 0.124. The number of Topliss-reactive ketones (excluding diaryl/α,β-unsaturated/α-hetero) is 1. The van der Waals surface area contributed by atoms with Crippen molar-refractivity contribution in [2.45, 2.75) is 50.9 Å². The van der Waals surface area contributed by atoms with E-state index in [1.54, 1.807) is 7.11 Å². The van der Waals surface area contributed by atoms with Crippen LogP contribution in [0, 0.1) is 13.8 Å². The number of hydrogen-bond donors (Lipinski definition) is 0. The SMILES string of the molecule is COCCn1c(C)cc(C(=O)CSc2nnc(C3CC3)n2Cc2ccccc2)c1C. The fourth-order valence-electron chi connectivity index (χ4n) is 3.78. The van der Waals surface area contributed by atoms with Crippen molar-refractivity contribution in [1.82, 2.24) is 19.3 Å². The summed E-state index contributed by atoms with van der Waals surface area (Å²) in [5.41, 5.74) is 4.09. The Morgan fingerprint density at radius 2 is 1.93 bits per heavy atom. The zero-order chi connectivity index (χ0) is 21.1. The van der Waals surface area contributed by atoms with E-state index < -0.39 is 0 Å². The Morgan fingerprint density at radius 3 is 2.63 bits per heavy atom. The van der Waals surface area contributed by atoms with Crippen LogP contribution in [0.15, 0.2) is 41.6 Å². The molecule has 158 valence electrons. The molecule has 0 atom stereocenters. The van der Waals surface area contributed by atoms with E-state index in [-0.39, 0.29) is 5.78 Å². The van der Waals surface area contributed by atoms with E-state index in [0.717, 1.165) is 41.0 Å². The van der Waals surface area contributed by atoms with Gasteiger partial charge in [-0.15, -0.1) is 10.2 Å². The maximum absolute atomic E-state index is 13.0. The second-order valence-corrected chi connectivity index (χ2v) is 8.77. The Morgan fingerprint density at radius 1 is 1.17 bits per heavy atom. The molecule has 1 aromatic carbocycles. The number of carbonyl (C=O) groups excluding carboxylic acids is 1. The Hall–Kier alpha value is -2.38. The van der Waals surface area contributed by atoms with E-state index in [1.165, 1.54) is 30.2 Å². The first-order chi connectivity index (χ1) is 14.6. The van der Waals surface area contributed by atoms with Gasteiger partial charge in [-0.25, -0.2) is 0 Å². The Kier molecular flexibility index (Phi) is 6.39. The number of methoxy groups -OCH3 is 1. The number of rotatable bonds is 10. The normalized spacial score (nSPS) is 13.7. The molecule has 0 N–H and O–H groups in total. The molecule has 0 radical (unpaired) electrons. The van der Waals surface area contributed by atoms with E-state index >= 15 is 0 Å². The Labute approximate surface area is 181 Å². The number of aromatic nitrogens is 4. The molecule has 1 aliphatic carbocycles. The van der Waals surface area contributed by atoms with Crippen LogP contribution in [0.3, 0.4) is 0 Å². The van der Waals surface area contributed by atoms with Gasteiger partial charge in [-0.3, -0.25) is 4.79 Å². The highest BCUT2D eigenvalue weighted by Gasteiger charge is 2.30. The van der Waals surface area contributed by atoms with E-state index in [9.17, 15) is 4.79 Å². The van der Waals surface area contributed by atoms with Gasteiger partial charge < -0.3 is 13.9 Å². The molecule has 1 saturated carbocycles. The van der Waals surface area contributed by atoms with Crippen LogP contribution in [-0.4, -0.2) is 44.6 Å². The zero-order valence-corrected chi connectivity index (χ0v) is 18.6. The Balaban J connectivity index is 1.49. The molecular formula is C23H28N4O2S. The monoisotopic (exact) mass is 424 g/mol. The van der Waals surface area contributed by atoms with Gasteiger partial charge in [0.2, 0.25) is 0 Å². The maximum Gasteiger partial charge on any atom is 0.191 e. The van der Waals surface area contributed by atoms with E-state index in [2.05, 4.69) is 31.5 Å². The van der Waals surface area contributed by atoms with Crippen molar-refractivity contribution >= 4 is 17.5 Å². The third kappa shape index (κ3) is 4.52. The molecule has 1 aliphatic rings. The predicted octanol–water partition coefficient (Wildman–Crippen LogP) is 4.24. The van der Waals surface area contributed by atoms with E-state index in [1.807, 2.05) is 38.1 Å². The second kappa shape index (κ2) is 9.18. The van der Waals surface area contributed by atoms with Crippen molar-refractivity contribution in [1.29, 1.82) is 0 Å². The smallest absolute Gasteiger partial charge is 0.191 e. The summed E-state index contributed by atoms with van der Waals surface area (Å²) in [6.07, 6.45) is 2.34. The summed E-state index contributed by atoms with van der Waals surface area (Å²) >= 11 is 1.48. The largest absolute Gasteiger partial charge is 0.383 e. The van der Waals surface area contributed by atoms with Crippen molar-refractivity contribution in [3.8, 4) is 0 Å². The fraction of sp³-hybridized carbons (Fsp3) is 0.435. The third-order valence-electron chi connectivity index (χ3n) is 5.60. The number of benzene rings is 1. The van der Waals surface area contributed by atoms with Crippen molar-refractivity contribution in [2.75, 3.05) is 19.5 Å². The molecule has 0 spiro atoms. The first-order valence-corrected chi connectivity index (χ1v) is 11.4. The minimum Gasteiger partial charge on any atom is -0.383 e. The standard InChI is InChI=1S/C23H28N4O2S/c1-16-13-20(17(2)26(16)11-12-29-3)21(28)15-30-23-25-24-22(19-9-10-19)27(23)14-18-7-5-4-6-8-18/h4-8,13,19H,9-12,14-15H2,1-3H3. The van der Waals surface area contributed by atoms with Crippen LogP contribution in [0.2, 0.25) is 0 Å². The number of carbonyl (C=O) groups is 1. The summed E-state index contributed by atoms with van der Waals surface area (Å²) in [4.78, 5) is 13.0. The van der Waals surface area contributed by atoms with Crippen LogP contribution >= 0.6 is 11.8 Å². The lowest BCUT2D eigenvalue weighted by atomic mass is 10.2. The number of thioether (sulfide) groups is 1. The Bertz CT molecular complexity index is 1020. The molecule has 0 amide bonds. The van der Waals surface area contributed by atoms with Gasteiger partial charge in [-0.2, -0.15) is 0 Å². The van der Waals surface area contributed by atoms with Gasteiger partial charge in [-0.1, -0.05) is 42.1 Å². The van der Waals surface area contributed by atoms with Crippen molar-refractivity contribution in [3.05, 3.63) is 64.7 Å². The van der Waals surface area contributed by atoms with Crippen LogP contribution in [0.4, 0.5) is 0 Å². The molecule has 3 aromatic rings. The van der Waals surface area contributed by atoms with Gasteiger partial charge in [0, 0.05) is 36.5 Å². The lowest BCUT2D eigenvalue weighted by molar-refractivity contribution is 0.102. The zero-order valence-electron chi connectivity index (χ0n) is 17.8. The number of ketones is 1. The molecular weight excluding hydrogens is 396 g/mol. The average molecular weight is 425 g/mol. The molecule has 30 heavy (non-hydrogen) atoms. The van der Waals surface area contributed by atoms with Gasteiger partial charge in [0.25, 0.3) is 0 Å². The van der Waals surface area contributed by atoms with Crippen LogP contribution in [0.25, 0.3) is 0 Å². The third-order valence-corrected chi connectivity index (χ3v) is 6.56. The highest BCUT2D eigenvalue weighted by molar-refractivity contribution is 7.99. The lowest BCUT2D eigenvalue weighted by Crippen LogP contribution is -2.10. The maximum atomic E-state index is 13.0. The van der Waals surface area contributed by atoms with Gasteiger partial charge in [0.1, 0.15) is 5.82 Å². The fourth-order valence-corrected chi connectivity index (χ4v) is 4.61. The second-order valence-electron chi connectivity index (χ2n) is 7.83. The predicted molar refractivity (Wildman–Crippen MR) is 118 cm³/mol. The molecule has 0 unspecified atom stereocenters. The molecule has 2 aromatic heterocycles. The number of aryl methyl sites for hydroxylation is 1. The first kappa shape index (κ1) is 20.9. The summed E-state index contributed by atoms with van der Waals surface area (Å²) in [7, 11) is 1.69. The summed E-state index contributed by atoms with van der Waals surface area (Å²) in [6.45, 7) is 6.16. The van der Waals surface area contributed by atoms with Gasteiger partial charge in [-0.05, 0) is 38.3 Å². The van der Waals surface area contributed by atoms with E-state index in [4.69, 9.17) is 4.74 Å². The van der Waals surface area contributed by atoms with Crippen LogP contribution in [-0.2, 0) is 17.8 Å². The summed E-state index contributed by atoms with van der Waals surface area (Å²) < 4.78 is 9.52. The molecule has 1 fully saturated rings. The van der Waals surface area contributed by atoms with Crippen molar-refractivity contribution in [3.63, 3.8) is 0 Å². The molecule has 4 rings (SSSR count). The van der Waals surface area contributed by atoms with E-state index in [0.29, 0.717) is 18.3 Å². The average Bonchev–Trinajstić information content (AvgIpc) is 3.46. The van der Waals surface area contributed by atoms with Crippen molar-refractivity contribution in [2.24, 2.45) is 0 Å². The lowest BCUT2D eigenvalue weighted by Gasteiger charge is -2.10.